The molecule has 0 aliphatic carbocycles. The van der Waals surface area contributed by atoms with Gasteiger partial charge in [-0.05, 0) is 24.0 Å². The zero-order valence-corrected chi connectivity index (χ0v) is 13.7. The minimum atomic E-state index is -0.567. The van der Waals surface area contributed by atoms with Crippen LogP contribution in [0.4, 0.5) is 5.69 Å². The molecule has 2 aromatic rings. The van der Waals surface area contributed by atoms with E-state index in [0.29, 0.717) is 28.8 Å². The SMILES string of the molecule is [C-]#[N+]c1ccc(-c2c(CCCC)c3c(oc2=O)CC(=O)NC3=O)cc1. The molecule has 0 atom stereocenters. The smallest absolute Gasteiger partial charge is 0.344 e. The lowest BCUT2D eigenvalue weighted by Gasteiger charge is -2.19. The summed E-state index contributed by atoms with van der Waals surface area (Å²) in [5.41, 5.74) is 1.71. The second-order valence-corrected chi connectivity index (χ2v) is 5.86. The fraction of sp³-hybridized carbons (Fsp3) is 0.263. The van der Waals surface area contributed by atoms with Gasteiger partial charge in [-0.15, -0.1) is 0 Å². The quantitative estimate of drug-likeness (QED) is 0.687. The van der Waals surface area contributed by atoms with Gasteiger partial charge in [0.1, 0.15) is 5.76 Å². The molecule has 1 aliphatic rings. The Morgan fingerprint density at radius 2 is 1.88 bits per heavy atom. The highest BCUT2D eigenvalue weighted by molar-refractivity contribution is 6.10. The van der Waals surface area contributed by atoms with E-state index in [1.54, 1.807) is 24.3 Å². The Kier molecular flexibility index (Phi) is 4.48. The van der Waals surface area contributed by atoms with Gasteiger partial charge in [0.2, 0.25) is 5.91 Å². The van der Waals surface area contributed by atoms with Gasteiger partial charge in [0.05, 0.1) is 24.1 Å². The van der Waals surface area contributed by atoms with Crippen molar-refractivity contribution in [2.75, 3.05) is 0 Å². The van der Waals surface area contributed by atoms with Crippen LogP contribution in [-0.2, 0) is 17.6 Å². The molecular weight excluding hydrogens is 320 g/mol. The van der Waals surface area contributed by atoms with Gasteiger partial charge in [-0.1, -0.05) is 37.6 Å². The maximum absolute atomic E-state index is 12.6. The van der Waals surface area contributed by atoms with E-state index >= 15 is 0 Å². The third kappa shape index (κ3) is 3.09. The molecule has 0 spiro atoms. The number of hydrogen-bond donors (Lipinski definition) is 1. The van der Waals surface area contributed by atoms with Crippen molar-refractivity contribution in [3.8, 4) is 11.1 Å². The largest absolute Gasteiger partial charge is 0.426 e. The summed E-state index contributed by atoms with van der Waals surface area (Å²) in [4.78, 5) is 39.8. The number of carbonyl (C=O) groups excluding carboxylic acids is 2. The topological polar surface area (TPSA) is 80.7 Å². The first-order chi connectivity index (χ1) is 12.0. The van der Waals surface area contributed by atoms with Gasteiger partial charge in [-0.2, -0.15) is 0 Å². The summed E-state index contributed by atoms with van der Waals surface area (Å²) < 4.78 is 5.31. The Balaban J connectivity index is 2.25. The number of imide groups is 1. The number of unbranched alkanes of at least 4 members (excludes halogenated alkanes) is 1. The lowest BCUT2D eigenvalue weighted by atomic mass is 9.91. The number of rotatable bonds is 4. The van der Waals surface area contributed by atoms with Crippen molar-refractivity contribution in [3.63, 3.8) is 0 Å². The Hall–Kier alpha value is -3.20. The molecule has 25 heavy (non-hydrogen) atoms. The molecule has 1 aromatic carbocycles. The molecule has 0 fully saturated rings. The number of nitrogens with one attached hydrogen (secondary N) is 1. The van der Waals surface area contributed by atoms with Crippen molar-refractivity contribution in [1.82, 2.24) is 5.32 Å². The van der Waals surface area contributed by atoms with Crippen molar-refractivity contribution in [2.24, 2.45) is 0 Å². The minimum Gasteiger partial charge on any atom is -0.426 e. The van der Waals surface area contributed by atoms with E-state index in [1.807, 2.05) is 6.92 Å². The average molecular weight is 336 g/mol. The van der Waals surface area contributed by atoms with Crippen LogP contribution >= 0.6 is 0 Å². The van der Waals surface area contributed by atoms with Gasteiger partial charge in [-0.25, -0.2) is 9.64 Å². The first kappa shape index (κ1) is 16.7. The van der Waals surface area contributed by atoms with Crippen molar-refractivity contribution >= 4 is 17.5 Å². The predicted octanol–water partition coefficient (Wildman–Crippen LogP) is 3.01. The van der Waals surface area contributed by atoms with Gasteiger partial charge in [0, 0.05) is 0 Å². The summed E-state index contributed by atoms with van der Waals surface area (Å²) >= 11 is 0. The highest BCUT2D eigenvalue weighted by atomic mass is 16.4. The van der Waals surface area contributed by atoms with E-state index in [9.17, 15) is 14.4 Å². The predicted molar refractivity (Wildman–Crippen MR) is 91.5 cm³/mol. The number of nitrogens with zero attached hydrogens (tertiary/aromatic N) is 1. The molecule has 0 radical (unpaired) electrons. The van der Waals surface area contributed by atoms with Crippen molar-refractivity contribution in [1.29, 1.82) is 0 Å². The lowest BCUT2D eigenvalue weighted by molar-refractivity contribution is -0.120. The monoisotopic (exact) mass is 336 g/mol. The van der Waals surface area contributed by atoms with Crippen molar-refractivity contribution in [2.45, 2.75) is 32.6 Å². The molecule has 2 amide bonds. The second kappa shape index (κ2) is 6.73. The van der Waals surface area contributed by atoms with Gasteiger partial charge < -0.3 is 4.42 Å². The third-order valence-corrected chi connectivity index (χ3v) is 4.17. The van der Waals surface area contributed by atoms with E-state index in [1.165, 1.54) is 0 Å². The maximum Gasteiger partial charge on any atom is 0.344 e. The molecule has 0 unspecified atom stereocenters. The molecule has 6 heteroatoms. The van der Waals surface area contributed by atoms with Crippen LogP contribution < -0.4 is 10.9 Å². The molecule has 6 nitrogen and oxygen atoms in total. The Morgan fingerprint density at radius 1 is 1.16 bits per heavy atom. The Morgan fingerprint density at radius 3 is 2.52 bits per heavy atom. The minimum absolute atomic E-state index is 0.119. The summed E-state index contributed by atoms with van der Waals surface area (Å²) in [5.74, 6) is -0.872. The van der Waals surface area contributed by atoms with E-state index < -0.39 is 17.4 Å². The van der Waals surface area contributed by atoms with Crippen LogP contribution in [0.25, 0.3) is 16.0 Å². The van der Waals surface area contributed by atoms with E-state index in [0.717, 1.165) is 12.8 Å². The van der Waals surface area contributed by atoms with Crippen LogP contribution in [-0.4, -0.2) is 11.8 Å². The second-order valence-electron chi connectivity index (χ2n) is 5.86. The molecule has 1 aromatic heterocycles. The molecule has 0 saturated heterocycles. The molecule has 126 valence electrons. The number of amides is 2. The third-order valence-electron chi connectivity index (χ3n) is 4.17. The van der Waals surface area contributed by atoms with Crippen molar-refractivity contribution in [3.05, 3.63) is 63.0 Å². The summed E-state index contributed by atoms with van der Waals surface area (Å²) in [6, 6.07) is 6.59. The van der Waals surface area contributed by atoms with E-state index in [-0.39, 0.29) is 17.7 Å². The Bertz CT molecular complexity index is 949. The van der Waals surface area contributed by atoms with Crippen LogP contribution in [0.3, 0.4) is 0 Å². The highest BCUT2D eigenvalue weighted by Crippen LogP contribution is 2.30. The Labute approximate surface area is 144 Å². The zero-order valence-electron chi connectivity index (χ0n) is 13.7. The molecule has 3 rings (SSSR count). The molecule has 2 heterocycles. The van der Waals surface area contributed by atoms with Crippen LogP contribution in [0.15, 0.2) is 33.5 Å². The molecular formula is C19H16N2O4. The highest BCUT2D eigenvalue weighted by Gasteiger charge is 2.30. The molecule has 0 bridgehead atoms. The van der Waals surface area contributed by atoms with Gasteiger partial charge in [0.15, 0.2) is 5.69 Å². The molecule has 1 aliphatic heterocycles. The maximum atomic E-state index is 12.6. The summed E-state index contributed by atoms with van der Waals surface area (Å²) in [6.07, 6.45) is 2.11. The van der Waals surface area contributed by atoms with Gasteiger partial charge in [0.25, 0.3) is 5.91 Å². The fourth-order valence-corrected chi connectivity index (χ4v) is 3.00. The van der Waals surface area contributed by atoms with Crippen LogP contribution in [0.2, 0.25) is 0 Å². The molecule has 1 N–H and O–H groups in total. The standard InChI is InChI=1S/C19H16N2O4/c1-3-4-5-13-16(11-6-8-12(20-2)9-7-11)19(24)25-14-10-15(22)21-18(23)17(13)14/h6-9H,3-5,10H2,1H3,(H,21,22,23). The molecule has 0 saturated carbocycles. The number of carbonyl (C=O) groups is 2. The summed E-state index contributed by atoms with van der Waals surface area (Å²) in [5, 5.41) is 2.29. The normalized spacial score (nSPS) is 13.1. The summed E-state index contributed by atoms with van der Waals surface area (Å²) in [6.45, 7) is 9.04. The fourth-order valence-electron chi connectivity index (χ4n) is 3.00. The van der Waals surface area contributed by atoms with Crippen molar-refractivity contribution < 1.29 is 14.0 Å². The van der Waals surface area contributed by atoms with E-state index in [2.05, 4.69) is 10.2 Å². The number of benzene rings is 1. The van der Waals surface area contributed by atoms with E-state index in [4.69, 9.17) is 11.0 Å². The van der Waals surface area contributed by atoms with Crippen LogP contribution in [0, 0.1) is 6.57 Å². The first-order valence-corrected chi connectivity index (χ1v) is 8.06. The zero-order chi connectivity index (χ0) is 18.0. The number of hydrogen-bond acceptors (Lipinski definition) is 4. The van der Waals surface area contributed by atoms with Gasteiger partial charge in [-0.3, -0.25) is 14.9 Å². The number of fused-ring (bicyclic) bond motifs is 1. The van der Waals surface area contributed by atoms with Crippen LogP contribution in [0.1, 0.15) is 41.4 Å². The van der Waals surface area contributed by atoms with Crippen LogP contribution in [0.5, 0.6) is 0 Å². The lowest BCUT2D eigenvalue weighted by Crippen LogP contribution is -2.39. The summed E-state index contributed by atoms with van der Waals surface area (Å²) in [7, 11) is 0. The first-order valence-electron chi connectivity index (χ1n) is 8.06. The van der Waals surface area contributed by atoms with Gasteiger partial charge >= 0.3 is 5.63 Å². The average Bonchev–Trinajstić information content (AvgIpc) is 2.59.